The first-order valence-corrected chi connectivity index (χ1v) is 8.18. The standard InChI is InChI=1S/C15H24N2O3S/c1-2-20-12(18)10-17(11-6-7-11)14(19)15(13(16)21)8-4-3-5-9-15/h11H,2-10H2,1H3,(H2,16,21). The molecule has 2 rings (SSSR count). The second-order valence-corrected chi connectivity index (χ2v) is 6.42. The number of ether oxygens (including phenoxy) is 1. The Labute approximate surface area is 131 Å². The van der Waals surface area contributed by atoms with Gasteiger partial charge in [-0.1, -0.05) is 31.5 Å². The van der Waals surface area contributed by atoms with E-state index in [0.29, 0.717) is 19.4 Å². The fourth-order valence-electron chi connectivity index (χ4n) is 3.09. The lowest BCUT2D eigenvalue weighted by atomic mass is 9.72. The number of nitrogens with two attached hydrogens (primary N) is 1. The second kappa shape index (κ2) is 6.73. The van der Waals surface area contributed by atoms with Crippen molar-refractivity contribution in [3.05, 3.63) is 0 Å². The van der Waals surface area contributed by atoms with E-state index in [1.54, 1.807) is 11.8 Å². The highest BCUT2D eigenvalue weighted by molar-refractivity contribution is 7.80. The number of carbonyl (C=O) groups excluding carboxylic acids is 2. The maximum Gasteiger partial charge on any atom is 0.325 e. The number of amides is 1. The van der Waals surface area contributed by atoms with Gasteiger partial charge in [0.2, 0.25) is 5.91 Å². The number of esters is 1. The van der Waals surface area contributed by atoms with E-state index >= 15 is 0 Å². The van der Waals surface area contributed by atoms with Gasteiger partial charge in [0.25, 0.3) is 0 Å². The first-order chi connectivity index (χ1) is 10.0. The van der Waals surface area contributed by atoms with E-state index in [2.05, 4.69) is 0 Å². The van der Waals surface area contributed by atoms with Gasteiger partial charge in [-0.2, -0.15) is 0 Å². The summed E-state index contributed by atoms with van der Waals surface area (Å²) in [5.74, 6) is -0.420. The molecule has 5 nitrogen and oxygen atoms in total. The van der Waals surface area contributed by atoms with Gasteiger partial charge in [0.1, 0.15) is 6.54 Å². The van der Waals surface area contributed by atoms with Crippen molar-refractivity contribution in [3.8, 4) is 0 Å². The minimum Gasteiger partial charge on any atom is -0.465 e. The predicted molar refractivity (Wildman–Crippen MR) is 83.7 cm³/mol. The predicted octanol–water partition coefficient (Wildman–Crippen LogP) is 1.78. The van der Waals surface area contributed by atoms with Crippen LogP contribution in [0.15, 0.2) is 0 Å². The van der Waals surface area contributed by atoms with Crippen molar-refractivity contribution >= 4 is 29.1 Å². The summed E-state index contributed by atoms with van der Waals surface area (Å²) in [4.78, 5) is 26.7. The van der Waals surface area contributed by atoms with Crippen LogP contribution in [0, 0.1) is 5.41 Å². The summed E-state index contributed by atoms with van der Waals surface area (Å²) >= 11 is 5.21. The maximum absolute atomic E-state index is 13.0. The Hall–Kier alpha value is -1.17. The van der Waals surface area contributed by atoms with E-state index in [1.807, 2.05) is 0 Å². The molecule has 2 fully saturated rings. The Morgan fingerprint density at radius 1 is 1.29 bits per heavy atom. The molecule has 21 heavy (non-hydrogen) atoms. The molecule has 0 aromatic heterocycles. The van der Waals surface area contributed by atoms with Gasteiger partial charge in [-0.05, 0) is 32.6 Å². The third-order valence-corrected chi connectivity index (χ3v) is 4.83. The van der Waals surface area contributed by atoms with E-state index in [0.717, 1.165) is 32.1 Å². The van der Waals surface area contributed by atoms with Crippen molar-refractivity contribution in [2.75, 3.05) is 13.2 Å². The number of nitrogens with zero attached hydrogens (tertiary/aromatic N) is 1. The number of thiocarbonyl (C=S) groups is 1. The van der Waals surface area contributed by atoms with Gasteiger partial charge in [0.05, 0.1) is 17.0 Å². The van der Waals surface area contributed by atoms with Gasteiger partial charge in [-0.15, -0.1) is 0 Å². The Balaban J connectivity index is 2.15. The topological polar surface area (TPSA) is 72.6 Å². The highest BCUT2D eigenvalue weighted by Crippen LogP contribution is 2.41. The summed E-state index contributed by atoms with van der Waals surface area (Å²) < 4.78 is 4.98. The number of carbonyl (C=O) groups is 2. The first kappa shape index (κ1) is 16.2. The summed E-state index contributed by atoms with van der Waals surface area (Å²) in [6.07, 6.45) is 6.32. The molecule has 0 aromatic carbocycles. The third-order valence-electron chi connectivity index (χ3n) is 4.44. The Morgan fingerprint density at radius 2 is 1.90 bits per heavy atom. The molecule has 0 saturated heterocycles. The zero-order valence-corrected chi connectivity index (χ0v) is 13.4. The van der Waals surface area contributed by atoms with Gasteiger partial charge < -0.3 is 15.4 Å². The lowest BCUT2D eigenvalue weighted by molar-refractivity contribution is -0.152. The smallest absolute Gasteiger partial charge is 0.325 e. The monoisotopic (exact) mass is 312 g/mol. The van der Waals surface area contributed by atoms with Crippen LogP contribution in [0.1, 0.15) is 51.9 Å². The molecule has 0 aliphatic heterocycles. The van der Waals surface area contributed by atoms with Crippen LogP contribution >= 0.6 is 12.2 Å². The number of hydrogen-bond acceptors (Lipinski definition) is 4. The fraction of sp³-hybridized carbons (Fsp3) is 0.800. The molecule has 2 aliphatic carbocycles. The number of rotatable bonds is 6. The molecular formula is C15H24N2O3S. The van der Waals surface area contributed by atoms with Crippen LogP contribution in [0.5, 0.6) is 0 Å². The highest BCUT2D eigenvalue weighted by Gasteiger charge is 2.48. The number of hydrogen-bond donors (Lipinski definition) is 1. The zero-order valence-electron chi connectivity index (χ0n) is 12.6. The van der Waals surface area contributed by atoms with Gasteiger partial charge in [-0.3, -0.25) is 9.59 Å². The van der Waals surface area contributed by atoms with E-state index in [9.17, 15) is 9.59 Å². The SMILES string of the molecule is CCOC(=O)CN(C(=O)C1(C(N)=S)CCCCC1)C1CC1. The average Bonchev–Trinajstić information content (AvgIpc) is 3.29. The first-order valence-electron chi connectivity index (χ1n) is 7.78. The Kier molecular flexibility index (Phi) is 5.19. The summed E-state index contributed by atoms with van der Waals surface area (Å²) in [7, 11) is 0. The summed E-state index contributed by atoms with van der Waals surface area (Å²) in [5, 5.41) is 0. The van der Waals surface area contributed by atoms with Crippen molar-refractivity contribution in [1.82, 2.24) is 4.90 Å². The normalized spacial score (nSPS) is 20.6. The second-order valence-electron chi connectivity index (χ2n) is 5.98. The molecule has 0 bridgehead atoms. The quantitative estimate of drug-likeness (QED) is 0.598. The summed E-state index contributed by atoms with van der Waals surface area (Å²) in [6, 6.07) is 0.148. The van der Waals surface area contributed by atoms with Crippen molar-refractivity contribution in [2.45, 2.75) is 57.9 Å². The van der Waals surface area contributed by atoms with Crippen LogP contribution in [-0.4, -0.2) is 41.0 Å². The molecule has 0 aromatic rings. The average molecular weight is 312 g/mol. The minimum atomic E-state index is -0.747. The fourth-order valence-corrected chi connectivity index (χ4v) is 3.39. The van der Waals surface area contributed by atoms with Crippen LogP contribution in [0.4, 0.5) is 0 Å². The van der Waals surface area contributed by atoms with Crippen molar-refractivity contribution < 1.29 is 14.3 Å². The molecule has 0 unspecified atom stereocenters. The van der Waals surface area contributed by atoms with Crippen LogP contribution < -0.4 is 5.73 Å². The molecule has 0 atom stereocenters. The van der Waals surface area contributed by atoms with Crippen molar-refractivity contribution in [1.29, 1.82) is 0 Å². The van der Waals surface area contributed by atoms with Crippen molar-refractivity contribution in [3.63, 3.8) is 0 Å². The van der Waals surface area contributed by atoms with E-state index < -0.39 is 5.41 Å². The highest BCUT2D eigenvalue weighted by atomic mass is 32.1. The van der Waals surface area contributed by atoms with Gasteiger partial charge >= 0.3 is 5.97 Å². The van der Waals surface area contributed by atoms with Crippen LogP contribution in [0.25, 0.3) is 0 Å². The molecule has 0 heterocycles. The molecule has 2 aliphatic rings. The molecule has 0 spiro atoms. The van der Waals surface area contributed by atoms with Crippen LogP contribution in [0.2, 0.25) is 0 Å². The molecule has 1 amide bonds. The van der Waals surface area contributed by atoms with E-state index in [-0.39, 0.29) is 29.5 Å². The van der Waals surface area contributed by atoms with E-state index in [1.165, 1.54) is 0 Å². The van der Waals surface area contributed by atoms with Gasteiger partial charge in [0, 0.05) is 6.04 Å². The van der Waals surface area contributed by atoms with Crippen LogP contribution in [0.3, 0.4) is 0 Å². The molecular weight excluding hydrogens is 288 g/mol. The minimum absolute atomic E-state index is 0.0156. The Bertz CT molecular complexity index is 429. The lowest BCUT2D eigenvalue weighted by Crippen LogP contribution is -2.53. The molecule has 2 saturated carbocycles. The maximum atomic E-state index is 13.0. The summed E-state index contributed by atoms with van der Waals surface area (Å²) in [5.41, 5.74) is 5.17. The Morgan fingerprint density at radius 3 is 2.38 bits per heavy atom. The molecule has 6 heteroatoms. The van der Waals surface area contributed by atoms with Crippen LogP contribution in [-0.2, 0) is 14.3 Å². The molecule has 0 radical (unpaired) electrons. The van der Waals surface area contributed by atoms with Crippen molar-refractivity contribution in [2.24, 2.45) is 11.1 Å². The summed E-state index contributed by atoms with van der Waals surface area (Å²) in [6.45, 7) is 2.10. The zero-order chi connectivity index (χ0) is 15.5. The van der Waals surface area contributed by atoms with Gasteiger partial charge in [0.15, 0.2) is 0 Å². The lowest BCUT2D eigenvalue weighted by Gasteiger charge is -2.38. The largest absolute Gasteiger partial charge is 0.465 e. The molecule has 2 N–H and O–H groups in total. The molecule has 118 valence electrons. The van der Waals surface area contributed by atoms with Gasteiger partial charge in [-0.25, -0.2) is 0 Å². The van der Waals surface area contributed by atoms with E-state index in [4.69, 9.17) is 22.7 Å². The third kappa shape index (κ3) is 3.54.